The van der Waals surface area contributed by atoms with E-state index in [4.69, 9.17) is 0 Å². The van der Waals surface area contributed by atoms with Crippen LogP contribution in [0.3, 0.4) is 0 Å². The number of imidazole rings is 1. The van der Waals surface area contributed by atoms with Crippen LogP contribution >= 0.6 is 0 Å². The summed E-state index contributed by atoms with van der Waals surface area (Å²) in [5.74, 6) is 0.502. The topological polar surface area (TPSA) is 89.5 Å². The number of carbonyl (C=O) groups is 1. The summed E-state index contributed by atoms with van der Waals surface area (Å²) in [6.45, 7) is 3.21. The predicted octanol–water partition coefficient (Wildman–Crippen LogP) is 1.54. The van der Waals surface area contributed by atoms with E-state index < -0.39 is 0 Å². The van der Waals surface area contributed by atoms with Gasteiger partial charge in [0.1, 0.15) is 11.4 Å². The van der Waals surface area contributed by atoms with Gasteiger partial charge in [0.25, 0.3) is 11.5 Å². The van der Waals surface area contributed by atoms with Gasteiger partial charge < -0.3 is 10.2 Å². The van der Waals surface area contributed by atoms with E-state index in [-0.39, 0.29) is 23.1 Å². The summed E-state index contributed by atoms with van der Waals surface area (Å²) in [5, 5.41) is 7.62. The van der Waals surface area contributed by atoms with Gasteiger partial charge in [-0.2, -0.15) is 0 Å². The molecule has 1 N–H and O–H groups in total. The number of aromatic nitrogens is 5. The third kappa shape index (κ3) is 3.27. The Morgan fingerprint density at radius 2 is 1.97 bits per heavy atom. The number of nitrogens with zero attached hydrogens (tertiary/aromatic N) is 6. The number of rotatable bonds is 4. The molecule has 4 heterocycles. The van der Waals surface area contributed by atoms with Crippen LogP contribution in [0.4, 0.5) is 5.82 Å². The van der Waals surface area contributed by atoms with Crippen molar-refractivity contribution in [3.8, 4) is 5.69 Å². The molecule has 9 heteroatoms. The van der Waals surface area contributed by atoms with Crippen LogP contribution in [0.15, 0.2) is 59.7 Å². The van der Waals surface area contributed by atoms with Gasteiger partial charge in [-0.15, -0.1) is 5.10 Å². The van der Waals surface area contributed by atoms with Gasteiger partial charge in [0.2, 0.25) is 0 Å². The molecule has 158 valence electrons. The normalized spacial score (nSPS) is 16.2. The monoisotopic (exact) mass is 417 g/mol. The number of para-hydroxylation sites is 1. The number of fused-ring (bicyclic) bond motifs is 1. The Morgan fingerprint density at radius 1 is 1.16 bits per heavy atom. The number of nitrogens with one attached hydrogen (secondary N) is 1. The number of anilines is 1. The molecule has 1 amide bonds. The Kier molecular flexibility index (Phi) is 4.58. The zero-order valence-corrected chi connectivity index (χ0v) is 17.4. The Bertz CT molecular complexity index is 1320. The summed E-state index contributed by atoms with van der Waals surface area (Å²) < 4.78 is 4.98. The van der Waals surface area contributed by atoms with Gasteiger partial charge in [0, 0.05) is 38.6 Å². The summed E-state index contributed by atoms with van der Waals surface area (Å²) in [7, 11) is 1.79. The van der Waals surface area contributed by atoms with Crippen LogP contribution in [0, 0.1) is 6.92 Å². The van der Waals surface area contributed by atoms with Crippen LogP contribution < -0.4 is 15.8 Å². The SMILES string of the molecule is Cc1c(C(=O)N[C@H]2CCN(c3ccc4nccn4n3)C2)c(=O)n(-c2ccccc2)n1C. The minimum atomic E-state index is -0.336. The van der Waals surface area contributed by atoms with E-state index >= 15 is 0 Å². The van der Waals surface area contributed by atoms with E-state index in [1.165, 1.54) is 4.68 Å². The molecule has 0 aliphatic carbocycles. The van der Waals surface area contributed by atoms with Gasteiger partial charge in [-0.05, 0) is 37.6 Å². The highest BCUT2D eigenvalue weighted by atomic mass is 16.2. The van der Waals surface area contributed by atoms with Crippen molar-refractivity contribution in [2.24, 2.45) is 7.05 Å². The smallest absolute Gasteiger partial charge is 0.284 e. The maximum absolute atomic E-state index is 13.1. The average molecular weight is 417 g/mol. The lowest BCUT2D eigenvalue weighted by molar-refractivity contribution is 0.0938. The number of hydrogen-bond donors (Lipinski definition) is 1. The average Bonchev–Trinajstić information content (AvgIpc) is 3.47. The molecule has 1 fully saturated rings. The number of hydrogen-bond acceptors (Lipinski definition) is 5. The summed E-state index contributed by atoms with van der Waals surface area (Å²) >= 11 is 0. The second-order valence-electron chi connectivity index (χ2n) is 7.76. The molecule has 0 unspecified atom stereocenters. The zero-order chi connectivity index (χ0) is 21.5. The van der Waals surface area contributed by atoms with E-state index in [1.807, 2.05) is 48.7 Å². The third-order valence-corrected chi connectivity index (χ3v) is 5.87. The van der Waals surface area contributed by atoms with Crippen LogP contribution in [0.1, 0.15) is 22.5 Å². The fraction of sp³-hybridized carbons (Fsp3) is 0.273. The number of carbonyl (C=O) groups excluding carboxylic acids is 1. The molecule has 9 nitrogen and oxygen atoms in total. The molecule has 31 heavy (non-hydrogen) atoms. The second-order valence-corrected chi connectivity index (χ2v) is 7.76. The van der Waals surface area contributed by atoms with E-state index in [9.17, 15) is 9.59 Å². The minimum Gasteiger partial charge on any atom is -0.353 e. The van der Waals surface area contributed by atoms with E-state index in [2.05, 4.69) is 20.3 Å². The summed E-state index contributed by atoms with van der Waals surface area (Å²) in [6.07, 6.45) is 4.31. The lowest BCUT2D eigenvalue weighted by Crippen LogP contribution is -2.39. The highest BCUT2D eigenvalue weighted by molar-refractivity contribution is 5.95. The molecule has 1 aliphatic heterocycles. The van der Waals surface area contributed by atoms with Gasteiger partial charge >= 0.3 is 0 Å². The molecule has 0 spiro atoms. The molecule has 5 rings (SSSR count). The molecule has 0 bridgehead atoms. The highest BCUT2D eigenvalue weighted by Crippen LogP contribution is 2.19. The van der Waals surface area contributed by atoms with Crippen molar-refractivity contribution >= 4 is 17.4 Å². The van der Waals surface area contributed by atoms with Gasteiger partial charge in [-0.3, -0.25) is 14.3 Å². The van der Waals surface area contributed by atoms with Gasteiger partial charge in [0.05, 0.1) is 11.4 Å². The lowest BCUT2D eigenvalue weighted by atomic mass is 10.2. The largest absolute Gasteiger partial charge is 0.353 e. The Labute approximate surface area is 178 Å². The summed E-state index contributed by atoms with van der Waals surface area (Å²) in [5.41, 5.74) is 2.02. The van der Waals surface area contributed by atoms with Crippen molar-refractivity contribution < 1.29 is 4.79 Å². The van der Waals surface area contributed by atoms with Crippen molar-refractivity contribution in [3.05, 3.63) is 76.5 Å². The van der Waals surface area contributed by atoms with Crippen LogP contribution in [-0.4, -0.2) is 49.0 Å². The fourth-order valence-corrected chi connectivity index (χ4v) is 4.15. The molecule has 1 aliphatic rings. The van der Waals surface area contributed by atoms with Gasteiger partial charge in [-0.1, -0.05) is 18.2 Å². The Hall–Kier alpha value is -3.88. The molecule has 0 saturated carbocycles. The standard InChI is InChI=1S/C22H23N7O2/c1-15-20(22(31)29(26(15)2)17-6-4-3-5-7-17)21(30)24-16-10-12-27(14-16)19-9-8-18-23-11-13-28(18)25-19/h3-9,11,13,16H,10,12,14H2,1-2H3,(H,24,30)/t16-/m0/s1. The first-order chi connectivity index (χ1) is 15.0. The van der Waals surface area contributed by atoms with Crippen molar-refractivity contribution in [3.63, 3.8) is 0 Å². The van der Waals surface area contributed by atoms with Gasteiger partial charge in [0.15, 0.2) is 5.65 Å². The molecule has 4 aromatic rings. The van der Waals surface area contributed by atoms with Crippen molar-refractivity contribution in [1.29, 1.82) is 0 Å². The number of benzene rings is 1. The van der Waals surface area contributed by atoms with Crippen LogP contribution in [0.25, 0.3) is 11.3 Å². The quantitative estimate of drug-likeness (QED) is 0.544. The first kappa shape index (κ1) is 19.1. The molecular weight excluding hydrogens is 394 g/mol. The first-order valence-electron chi connectivity index (χ1n) is 10.2. The minimum absolute atomic E-state index is 0.0584. The van der Waals surface area contributed by atoms with Crippen LogP contribution in [0.5, 0.6) is 0 Å². The van der Waals surface area contributed by atoms with Crippen LogP contribution in [0.2, 0.25) is 0 Å². The van der Waals surface area contributed by atoms with E-state index in [1.54, 1.807) is 29.4 Å². The third-order valence-electron chi connectivity index (χ3n) is 5.87. The molecule has 1 atom stereocenters. The summed E-state index contributed by atoms with van der Waals surface area (Å²) in [6, 6.07) is 13.1. The molecule has 1 aromatic carbocycles. The zero-order valence-electron chi connectivity index (χ0n) is 17.4. The maximum atomic E-state index is 13.1. The van der Waals surface area contributed by atoms with Crippen molar-refractivity contribution in [2.75, 3.05) is 18.0 Å². The van der Waals surface area contributed by atoms with E-state index in [0.29, 0.717) is 12.2 Å². The van der Waals surface area contributed by atoms with Crippen molar-refractivity contribution in [1.82, 2.24) is 29.3 Å². The number of amides is 1. The predicted molar refractivity (Wildman–Crippen MR) is 117 cm³/mol. The van der Waals surface area contributed by atoms with Crippen molar-refractivity contribution in [2.45, 2.75) is 19.4 Å². The van der Waals surface area contributed by atoms with Crippen LogP contribution in [-0.2, 0) is 7.05 Å². The highest BCUT2D eigenvalue weighted by Gasteiger charge is 2.28. The lowest BCUT2D eigenvalue weighted by Gasteiger charge is -2.17. The molecular formula is C22H23N7O2. The first-order valence-corrected chi connectivity index (χ1v) is 10.2. The fourth-order valence-electron chi connectivity index (χ4n) is 4.15. The van der Waals surface area contributed by atoms with Gasteiger partial charge in [-0.25, -0.2) is 14.2 Å². The second kappa shape index (κ2) is 7.42. The molecule has 1 saturated heterocycles. The maximum Gasteiger partial charge on any atom is 0.284 e. The Balaban J connectivity index is 1.34. The van der Waals surface area contributed by atoms with E-state index in [0.717, 1.165) is 30.1 Å². The molecule has 0 radical (unpaired) electrons. The molecule has 3 aromatic heterocycles. The Morgan fingerprint density at radius 3 is 2.77 bits per heavy atom. The summed E-state index contributed by atoms with van der Waals surface area (Å²) in [4.78, 5) is 32.4.